The second-order valence-corrected chi connectivity index (χ2v) is 6.83. The van der Waals surface area contributed by atoms with Gasteiger partial charge in [0.2, 0.25) is 0 Å². The maximum Gasteiger partial charge on any atom is 0.124 e. The number of aromatic nitrogens is 1. The summed E-state index contributed by atoms with van der Waals surface area (Å²) in [6.45, 7) is 5.13. The average molecular weight is 304 g/mol. The molecule has 3 rings (SSSR count). The average Bonchev–Trinajstić information content (AvgIpc) is 2.88. The van der Waals surface area contributed by atoms with E-state index in [1.807, 2.05) is 13.0 Å². The molecule has 1 N–H and O–H groups in total. The van der Waals surface area contributed by atoms with E-state index in [9.17, 15) is 4.39 Å². The van der Waals surface area contributed by atoms with Crippen molar-refractivity contribution >= 4 is 11.3 Å². The molecule has 2 aromatic rings. The Morgan fingerprint density at radius 3 is 3.00 bits per heavy atom. The number of hydrogen-bond donors (Lipinski definition) is 1. The summed E-state index contributed by atoms with van der Waals surface area (Å²) in [5.41, 5.74) is 3.04. The largest absolute Gasteiger partial charge is 0.309 e. The van der Waals surface area contributed by atoms with E-state index < -0.39 is 0 Å². The first kappa shape index (κ1) is 14.7. The van der Waals surface area contributed by atoms with E-state index in [4.69, 9.17) is 4.98 Å². The van der Waals surface area contributed by atoms with Gasteiger partial charge in [-0.05, 0) is 62.9 Å². The zero-order valence-corrected chi connectivity index (χ0v) is 13.4. The molecule has 112 valence electrons. The van der Waals surface area contributed by atoms with Gasteiger partial charge >= 0.3 is 0 Å². The molecule has 0 amide bonds. The molecular weight excluding hydrogens is 283 g/mol. The molecule has 0 spiro atoms. The second-order valence-electron chi connectivity index (χ2n) is 5.74. The van der Waals surface area contributed by atoms with Crippen molar-refractivity contribution in [1.29, 1.82) is 0 Å². The number of thiazole rings is 1. The molecule has 0 saturated heterocycles. The first-order chi connectivity index (χ1) is 10.2. The second kappa shape index (κ2) is 6.24. The molecule has 1 atom stereocenters. The molecule has 0 aliphatic heterocycles. The highest BCUT2D eigenvalue weighted by molar-refractivity contribution is 7.15. The van der Waals surface area contributed by atoms with Gasteiger partial charge in [0, 0.05) is 10.4 Å². The quantitative estimate of drug-likeness (QED) is 0.890. The first-order valence-corrected chi connectivity index (χ1v) is 8.49. The molecule has 4 heteroatoms. The summed E-state index contributed by atoms with van der Waals surface area (Å²) in [4.78, 5) is 6.19. The van der Waals surface area contributed by atoms with Crippen LogP contribution in [0.3, 0.4) is 0 Å². The predicted octanol–water partition coefficient (Wildman–Crippen LogP) is 4.63. The van der Waals surface area contributed by atoms with Gasteiger partial charge in [-0.2, -0.15) is 0 Å². The monoisotopic (exact) mass is 304 g/mol. The van der Waals surface area contributed by atoms with Gasteiger partial charge in [-0.1, -0.05) is 6.92 Å². The lowest BCUT2D eigenvalue weighted by Crippen LogP contribution is -2.25. The van der Waals surface area contributed by atoms with Crippen molar-refractivity contribution in [2.75, 3.05) is 6.54 Å². The first-order valence-electron chi connectivity index (χ1n) is 7.68. The summed E-state index contributed by atoms with van der Waals surface area (Å²) < 4.78 is 13.6. The summed E-state index contributed by atoms with van der Waals surface area (Å²) in [6.07, 6.45) is 4.59. The van der Waals surface area contributed by atoms with Crippen molar-refractivity contribution in [3.63, 3.8) is 0 Å². The molecular formula is C17H21FN2S. The van der Waals surface area contributed by atoms with Gasteiger partial charge < -0.3 is 5.32 Å². The Bertz CT molecular complexity index is 615. The van der Waals surface area contributed by atoms with E-state index in [0.717, 1.165) is 41.9 Å². The lowest BCUT2D eigenvalue weighted by molar-refractivity contribution is 0.454. The van der Waals surface area contributed by atoms with Crippen LogP contribution in [0.2, 0.25) is 0 Å². The summed E-state index contributed by atoms with van der Waals surface area (Å²) in [5.74, 6) is -0.182. The fourth-order valence-corrected chi connectivity index (χ4v) is 4.07. The highest BCUT2D eigenvalue weighted by Gasteiger charge is 2.24. The number of nitrogens with zero attached hydrogens (tertiary/aromatic N) is 1. The Morgan fingerprint density at radius 1 is 1.38 bits per heavy atom. The maximum absolute atomic E-state index is 13.6. The van der Waals surface area contributed by atoms with Crippen molar-refractivity contribution in [3.8, 4) is 10.6 Å². The highest BCUT2D eigenvalue weighted by Crippen LogP contribution is 2.37. The van der Waals surface area contributed by atoms with Crippen LogP contribution in [0.25, 0.3) is 10.6 Å². The van der Waals surface area contributed by atoms with Gasteiger partial charge in [-0.3, -0.25) is 0 Å². The van der Waals surface area contributed by atoms with E-state index in [-0.39, 0.29) is 5.82 Å². The molecule has 2 nitrogen and oxygen atoms in total. The van der Waals surface area contributed by atoms with Crippen LogP contribution in [0.15, 0.2) is 18.2 Å². The van der Waals surface area contributed by atoms with Crippen molar-refractivity contribution in [1.82, 2.24) is 10.3 Å². The van der Waals surface area contributed by atoms with Crippen molar-refractivity contribution < 1.29 is 4.39 Å². The van der Waals surface area contributed by atoms with Crippen LogP contribution in [-0.2, 0) is 6.42 Å². The van der Waals surface area contributed by atoms with Crippen LogP contribution in [0.1, 0.15) is 48.4 Å². The van der Waals surface area contributed by atoms with Crippen LogP contribution >= 0.6 is 11.3 Å². The highest BCUT2D eigenvalue weighted by atomic mass is 32.1. The minimum Gasteiger partial charge on any atom is -0.309 e. The fourth-order valence-electron chi connectivity index (χ4n) is 2.92. The van der Waals surface area contributed by atoms with Gasteiger partial charge in [0.25, 0.3) is 0 Å². The van der Waals surface area contributed by atoms with Crippen LogP contribution in [0, 0.1) is 12.7 Å². The van der Waals surface area contributed by atoms with Crippen molar-refractivity contribution in [2.24, 2.45) is 0 Å². The molecule has 1 aliphatic rings. The topological polar surface area (TPSA) is 24.9 Å². The molecule has 0 radical (unpaired) electrons. The van der Waals surface area contributed by atoms with Gasteiger partial charge in [0.15, 0.2) is 0 Å². The Labute approximate surface area is 129 Å². The smallest absolute Gasteiger partial charge is 0.124 e. The van der Waals surface area contributed by atoms with E-state index in [2.05, 4.69) is 12.2 Å². The third kappa shape index (κ3) is 3.16. The van der Waals surface area contributed by atoms with E-state index in [0.29, 0.717) is 6.04 Å². The summed E-state index contributed by atoms with van der Waals surface area (Å²) in [7, 11) is 0. The molecule has 0 bridgehead atoms. The number of halogens is 1. The normalized spacial score (nSPS) is 17.8. The molecule has 1 unspecified atom stereocenters. The summed E-state index contributed by atoms with van der Waals surface area (Å²) >= 11 is 1.73. The van der Waals surface area contributed by atoms with Crippen LogP contribution in [-0.4, -0.2) is 11.5 Å². The number of hydrogen-bond acceptors (Lipinski definition) is 3. The number of fused-ring (bicyclic) bond motifs is 1. The molecule has 0 saturated carbocycles. The molecule has 1 aromatic carbocycles. The van der Waals surface area contributed by atoms with Crippen LogP contribution < -0.4 is 5.32 Å². The molecule has 1 aromatic heterocycles. The molecule has 0 fully saturated rings. The van der Waals surface area contributed by atoms with E-state index in [1.54, 1.807) is 23.5 Å². The van der Waals surface area contributed by atoms with Gasteiger partial charge in [-0.15, -0.1) is 11.3 Å². The zero-order chi connectivity index (χ0) is 14.8. The zero-order valence-electron chi connectivity index (χ0n) is 12.6. The molecule has 1 aliphatic carbocycles. The number of nitrogens with one attached hydrogen (secondary N) is 1. The molecule has 1 heterocycles. The number of aryl methyl sites for hydroxylation is 2. The van der Waals surface area contributed by atoms with E-state index >= 15 is 0 Å². The standard InChI is InChI=1S/C17H21FN2S/c1-3-7-19-14-5-4-6-15-16(14)20-17(21-15)12-8-11(2)9-13(18)10-12/h8-10,14,19H,3-7H2,1-2H3. The Balaban J connectivity index is 1.93. The Morgan fingerprint density at radius 2 is 2.24 bits per heavy atom. The lowest BCUT2D eigenvalue weighted by atomic mass is 9.97. The summed E-state index contributed by atoms with van der Waals surface area (Å²) in [5, 5.41) is 4.54. The van der Waals surface area contributed by atoms with Gasteiger partial charge in [0.05, 0.1) is 11.7 Å². The summed E-state index contributed by atoms with van der Waals surface area (Å²) in [6, 6.07) is 5.53. The number of benzene rings is 1. The minimum atomic E-state index is -0.182. The van der Waals surface area contributed by atoms with Crippen LogP contribution in [0.4, 0.5) is 4.39 Å². The predicted molar refractivity (Wildman–Crippen MR) is 86.2 cm³/mol. The lowest BCUT2D eigenvalue weighted by Gasteiger charge is -2.22. The Hall–Kier alpha value is -1.26. The Kier molecular flexibility index (Phi) is 4.36. The third-order valence-corrected chi connectivity index (χ3v) is 5.06. The molecule has 21 heavy (non-hydrogen) atoms. The maximum atomic E-state index is 13.6. The van der Waals surface area contributed by atoms with E-state index in [1.165, 1.54) is 17.0 Å². The minimum absolute atomic E-state index is 0.182. The van der Waals surface area contributed by atoms with Crippen LogP contribution in [0.5, 0.6) is 0 Å². The SMILES string of the molecule is CCCNC1CCCc2sc(-c3cc(C)cc(F)c3)nc21. The van der Waals surface area contributed by atoms with Gasteiger partial charge in [0.1, 0.15) is 10.8 Å². The fraction of sp³-hybridized carbons (Fsp3) is 0.471. The number of rotatable bonds is 4. The van der Waals surface area contributed by atoms with Crippen molar-refractivity contribution in [3.05, 3.63) is 40.2 Å². The third-order valence-electron chi connectivity index (χ3n) is 3.88. The van der Waals surface area contributed by atoms with Crippen molar-refractivity contribution in [2.45, 2.75) is 45.6 Å². The van der Waals surface area contributed by atoms with Gasteiger partial charge in [-0.25, -0.2) is 9.37 Å².